The van der Waals surface area contributed by atoms with Crippen molar-refractivity contribution in [2.75, 3.05) is 20.0 Å². The summed E-state index contributed by atoms with van der Waals surface area (Å²) in [5.74, 6) is 1.66. The summed E-state index contributed by atoms with van der Waals surface area (Å²) in [4.78, 5) is 3.40. The van der Waals surface area contributed by atoms with Gasteiger partial charge in [-0.1, -0.05) is 24.3 Å². The molecule has 4 rings (SSSR count). The van der Waals surface area contributed by atoms with Crippen LogP contribution in [0.15, 0.2) is 42.5 Å². The molecular weight excluding hydrogens is 340 g/mol. The van der Waals surface area contributed by atoms with Crippen molar-refractivity contribution in [1.29, 1.82) is 0 Å². The topological polar surface area (TPSA) is 86.0 Å². The summed E-state index contributed by atoms with van der Waals surface area (Å²) in [6, 6.07) is 13.6. The number of rotatable bonds is 3. The maximum atomic E-state index is 6.14. The highest BCUT2D eigenvalue weighted by Gasteiger charge is 2.16. The van der Waals surface area contributed by atoms with Crippen molar-refractivity contribution in [1.82, 2.24) is 15.2 Å². The lowest BCUT2D eigenvalue weighted by atomic mass is 10.0. The van der Waals surface area contributed by atoms with Crippen LogP contribution in [-0.4, -0.2) is 29.4 Å². The van der Waals surface area contributed by atoms with E-state index in [1.165, 1.54) is 0 Å². The number of nitrogens with one attached hydrogen (secondary N) is 1. The molecular formula is C18H16ClN4O2-. The van der Waals surface area contributed by atoms with Gasteiger partial charge >= 0.3 is 0 Å². The molecule has 4 aromatic rings. The van der Waals surface area contributed by atoms with E-state index in [9.17, 15) is 0 Å². The van der Waals surface area contributed by atoms with E-state index >= 15 is 0 Å². The number of methoxy groups -OCH3 is 2. The first kappa shape index (κ1) is 16.9. The predicted molar refractivity (Wildman–Crippen MR) is 94.3 cm³/mol. The molecule has 0 unspecified atom stereocenters. The first-order valence-corrected chi connectivity index (χ1v) is 7.48. The molecule has 6 nitrogen and oxygen atoms in total. The van der Waals surface area contributed by atoms with Gasteiger partial charge in [0.15, 0.2) is 17.3 Å². The van der Waals surface area contributed by atoms with E-state index in [0.717, 1.165) is 33.1 Å². The van der Waals surface area contributed by atoms with Crippen molar-refractivity contribution in [2.24, 2.45) is 0 Å². The second-order valence-corrected chi connectivity index (χ2v) is 5.42. The first-order chi connectivity index (χ1) is 11.7. The van der Waals surface area contributed by atoms with E-state index in [2.05, 4.69) is 15.2 Å². The van der Waals surface area contributed by atoms with Gasteiger partial charge in [0.1, 0.15) is 5.52 Å². The van der Waals surface area contributed by atoms with E-state index in [1.807, 2.05) is 42.5 Å². The number of benzene rings is 2. The van der Waals surface area contributed by atoms with Crippen LogP contribution in [0.4, 0.5) is 5.82 Å². The van der Waals surface area contributed by atoms with Crippen LogP contribution in [0.3, 0.4) is 0 Å². The molecule has 7 heteroatoms. The number of anilines is 1. The molecule has 3 N–H and O–H groups in total. The molecule has 2 aromatic carbocycles. The zero-order chi connectivity index (χ0) is 16.7. The Hall–Kier alpha value is -2.99. The van der Waals surface area contributed by atoms with Crippen LogP contribution in [0.25, 0.3) is 33.1 Å². The molecule has 0 amide bonds. The SMILES string of the molecule is COc1ccc(-c2c(N)nnc3c2[nH]c2ccccc23)cc1OC.[Cl-]. The van der Waals surface area contributed by atoms with E-state index in [0.29, 0.717) is 17.3 Å². The Kier molecular flexibility index (Phi) is 4.37. The average Bonchev–Trinajstić information content (AvgIpc) is 2.99. The number of nitrogens with two attached hydrogens (primary N) is 1. The highest BCUT2D eigenvalue weighted by Crippen LogP contribution is 2.38. The van der Waals surface area contributed by atoms with Crippen LogP contribution in [0.5, 0.6) is 11.5 Å². The molecule has 0 aliphatic rings. The third-order valence-electron chi connectivity index (χ3n) is 4.11. The number of fused-ring (bicyclic) bond motifs is 3. The van der Waals surface area contributed by atoms with E-state index in [-0.39, 0.29) is 12.4 Å². The molecule has 0 fully saturated rings. The summed E-state index contributed by atoms with van der Waals surface area (Å²) in [5, 5.41) is 9.42. The van der Waals surface area contributed by atoms with Gasteiger partial charge in [-0.15, -0.1) is 10.2 Å². The molecule has 0 aliphatic heterocycles. The highest BCUT2D eigenvalue weighted by molar-refractivity contribution is 6.11. The van der Waals surface area contributed by atoms with Crippen LogP contribution in [0.2, 0.25) is 0 Å². The maximum Gasteiger partial charge on any atom is 0.161 e. The minimum atomic E-state index is 0. The number of hydrogen-bond donors (Lipinski definition) is 2. The number of para-hydroxylation sites is 1. The highest BCUT2D eigenvalue weighted by atomic mass is 35.5. The Morgan fingerprint density at radius 1 is 0.960 bits per heavy atom. The second-order valence-electron chi connectivity index (χ2n) is 5.42. The Labute approximate surface area is 150 Å². The van der Waals surface area contributed by atoms with Gasteiger partial charge in [0, 0.05) is 10.9 Å². The lowest BCUT2D eigenvalue weighted by molar-refractivity contribution is -0.00000541. The standard InChI is InChI=1S/C18H16N4O2.ClH/c1-23-13-8-7-10(9-14(13)24-2)15-17-16(21-22-18(15)19)11-5-3-4-6-12(11)20-17;/h3-9,20H,1-2H3,(H2,19,22);1H/p-1. The van der Waals surface area contributed by atoms with Crippen molar-refractivity contribution in [2.45, 2.75) is 0 Å². The largest absolute Gasteiger partial charge is 1.00 e. The maximum absolute atomic E-state index is 6.14. The lowest BCUT2D eigenvalue weighted by Gasteiger charge is -2.11. The van der Waals surface area contributed by atoms with Gasteiger partial charge in [-0.3, -0.25) is 0 Å². The molecule has 128 valence electrons. The molecule has 0 bridgehead atoms. The van der Waals surface area contributed by atoms with Crippen LogP contribution < -0.4 is 27.6 Å². The number of ether oxygens (including phenoxy) is 2. The predicted octanol–water partition coefficient (Wildman–Crippen LogP) is 0.381. The Morgan fingerprint density at radius 3 is 2.48 bits per heavy atom. The molecule has 2 heterocycles. The fourth-order valence-corrected chi connectivity index (χ4v) is 2.98. The zero-order valence-corrected chi connectivity index (χ0v) is 14.5. The number of aromatic amines is 1. The zero-order valence-electron chi connectivity index (χ0n) is 13.7. The van der Waals surface area contributed by atoms with Gasteiger partial charge in [-0.2, -0.15) is 0 Å². The normalized spacial score (nSPS) is 10.6. The van der Waals surface area contributed by atoms with Crippen molar-refractivity contribution in [3.8, 4) is 22.6 Å². The van der Waals surface area contributed by atoms with Gasteiger partial charge in [-0.05, 0) is 23.8 Å². The van der Waals surface area contributed by atoms with Gasteiger partial charge in [-0.25, -0.2) is 0 Å². The Balaban J connectivity index is 0.00000182. The van der Waals surface area contributed by atoms with Crippen LogP contribution in [0, 0.1) is 0 Å². The summed E-state index contributed by atoms with van der Waals surface area (Å²) in [6.07, 6.45) is 0. The lowest BCUT2D eigenvalue weighted by Crippen LogP contribution is -3.00. The summed E-state index contributed by atoms with van der Waals surface area (Å²) in [7, 11) is 3.21. The number of H-pyrrole nitrogens is 1. The fraction of sp³-hybridized carbons (Fsp3) is 0.111. The Morgan fingerprint density at radius 2 is 1.72 bits per heavy atom. The van der Waals surface area contributed by atoms with Gasteiger partial charge in [0.25, 0.3) is 0 Å². The molecule has 0 atom stereocenters. The summed E-state index contributed by atoms with van der Waals surface area (Å²) >= 11 is 0. The molecule has 2 aromatic heterocycles. The molecule has 0 saturated heterocycles. The van der Waals surface area contributed by atoms with Crippen molar-refractivity contribution < 1.29 is 21.9 Å². The van der Waals surface area contributed by atoms with E-state index < -0.39 is 0 Å². The van der Waals surface area contributed by atoms with Crippen molar-refractivity contribution >= 4 is 27.8 Å². The van der Waals surface area contributed by atoms with Crippen LogP contribution >= 0.6 is 0 Å². The van der Waals surface area contributed by atoms with Gasteiger partial charge < -0.3 is 32.6 Å². The number of halogens is 1. The van der Waals surface area contributed by atoms with E-state index in [4.69, 9.17) is 15.2 Å². The van der Waals surface area contributed by atoms with Crippen molar-refractivity contribution in [3.05, 3.63) is 42.5 Å². The quantitative estimate of drug-likeness (QED) is 0.555. The molecule has 0 radical (unpaired) electrons. The number of hydrogen-bond acceptors (Lipinski definition) is 5. The van der Waals surface area contributed by atoms with Gasteiger partial charge in [0.2, 0.25) is 0 Å². The molecule has 0 aliphatic carbocycles. The third-order valence-corrected chi connectivity index (χ3v) is 4.11. The number of aromatic nitrogens is 3. The summed E-state index contributed by atoms with van der Waals surface area (Å²) in [6.45, 7) is 0. The van der Waals surface area contributed by atoms with Crippen LogP contribution in [0.1, 0.15) is 0 Å². The molecule has 25 heavy (non-hydrogen) atoms. The van der Waals surface area contributed by atoms with Crippen molar-refractivity contribution in [3.63, 3.8) is 0 Å². The second kappa shape index (κ2) is 6.49. The molecule has 0 saturated carbocycles. The summed E-state index contributed by atoms with van der Waals surface area (Å²) in [5.41, 5.74) is 10.5. The summed E-state index contributed by atoms with van der Waals surface area (Å²) < 4.78 is 10.7. The third kappa shape index (κ3) is 2.60. The Bertz CT molecular complexity index is 1060. The van der Waals surface area contributed by atoms with E-state index in [1.54, 1.807) is 14.2 Å². The minimum absolute atomic E-state index is 0. The van der Waals surface area contributed by atoms with Crippen LogP contribution in [-0.2, 0) is 0 Å². The smallest absolute Gasteiger partial charge is 0.161 e. The number of nitrogen functional groups attached to an aromatic ring is 1. The fourth-order valence-electron chi connectivity index (χ4n) is 2.98. The molecule has 0 spiro atoms. The first-order valence-electron chi connectivity index (χ1n) is 7.48. The average molecular weight is 356 g/mol. The van der Waals surface area contributed by atoms with Gasteiger partial charge in [0.05, 0.1) is 25.3 Å². The monoisotopic (exact) mass is 355 g/mol. The minimum Gasteiger partial charge on any atom is -1.00 e. The number of nitrogens with zero attached hydrogens (tertiary/aromatic N) is 2.